The van der Waals surface area contributed by atoms with Crippen LogP contribution in [0.5, 0.6) is 0 Å². The fourth-order valence-electron chi connectivity index (χ4n) is 3.41. The van der Waals surface area contributed by atoms with Crippen molar-refractivity contribution in [3.05, 3.63) is 69.7 Å². The summed E-state index contributed by atoms with van der Waals surface area (Å²) in [5.74, 6) is 0. The lowest BCUT2D eigenvalue weighted by molar-refractivity contribution is 0.281. The summed E-state index contributed by atoms with van der Waals surface area (Å²) in [6.45, 7) is 1.72. The Morgan fingerprint density at radius 2 is 1.21 bits per heavy atom. The highest BCUT2D eigenvalue weighted by atomic mass is 35.5. The van der Waals surface area contributed by atoms with Crippen LogP contribution in [0, 0.1) is 0 Å². The minimum absolute atomic E-state index is 0.497. The molecule has 0 heterocycles. The Morgan fingerprint density at radius 1 is 0.750 bits per heavy atom. The number of halogens is 2. The summed E-state index contributed by atoms with van der Waals surface area (Å²) in [6.07, 6.45) is 5.02. The first-order chi connectivity index (χ1) is 11.7. The number of rotatable bonds is 6. The van der Waals surface area contributed by atoms with Crippen LogP contribution in [0.25, 0.3) is 0 Å². The highest BCUT2D eigenvalue weighted by molar-refractivity contribution is 6.30. The van der Waals surface area contributed by atoms with E-state index in [1.807, 2.05) is 36.4 Å². The van der Waals surface area contributed by atoms with Crippen LogP contribution >= 0.6 is 23.2 Å². The molecule has 2 atom stereocenters. The SMILES string of the molecule is Clc1cccc(CN[C@H]2CCCC[C@@H]2NCc2cccc(Cl)c2)c1. The zero-order valence-electron chi connectivity index (χ0n) is 13.8. The maximum Gasteiger partial charge on any atom is 0.0409 e. The van der Waals surface area contributed by atoms with E-state index in [9.17, 15) is 0 Å². The number of hydrogen-bond acceptors (Lipinski definition) is 2. The average molecular weight is 363 g/mol. The molecule has 0 radical (unpaired) electrons. The van der Waals surface area contributed by atoms with E-state index in [1.165, 1.54) is 36.8 Å². The first-order valence-electron chi connectivity index (χ1n) is 8.66. The topological polar surface area (TPSA) is 24.1 Å². The Labute approximate surface area is 154 Å². The monoisotopic (exact) mass is 362 g/mol. The summed E-state index contributed by atoms with van der Waals surface area (Å²) >= 11 is 12.1. The molecule has 0 amide bonds. The quantitative estimate of drug-likeness (QED) is 0.739. The van der Waals surface area contributed by atoms with Crippen molar-refractivity contribution < 1.29 is 0 Å². The van der Waals surface area contributed by atoms with E-state index in [2.05, 4.69) is 22.8 Å². The van der Waals surface area contributed by atoms with Gasteiger partial charge in [-0.15, -0.1) is 0 Å². The smallest absolute Gasteiger partial charge is 0.0409 e. The van der Waals surface area contributed by atoms with Gasteiger partial charge < -0.3 is 10.6 Å². The van der Waals surface area contributed by atoms with Crippen LogP contribution in [0.1, 0.15) is 36.8 Å². The Hall–Kier alpha value is -1.06. The first-order valence-corrected chi connectivity index (χ1v) is 9.42. The van der Waals surface area contributed by atoms with Gasteiger partial charge in [0, 0.05) is 35.2 Å². The summed E-state index contributed by atoms with van der Waals surface area (Å²) < 4.78 is 0. The summed E-state index contributed by atoms with van der Waals surface area (Å²) in [5, 5.41) is 9.03. The molecule has 24 heavy (non-hydrogen) atoms. The van der Waals surface area contributed by atoms with Crippen molar-refractivity contribution in [3.63, 3.8) is 0 Å². The van der Waals surface area contributed by atoms with Crippen LogP contribution in [-0.2, 0) is 13.1 Å². The van der Waals surface area contributed by atoms with Crippen molar-refractivity contribution in [1.29, 1.82) is 0 Å². The van der Waals surface area contributed by atoms with E-state index in [0.717, 1.165) is 23.1 Å². The Kier molecular flexibility index (Phi) is 6.56. The molecule has 2 N–H and O–H groups in total. The van der Waals surface area contributed by atoms with Gasteiger partial charge in [-0.25, -0.2) is 0 Å². The zero-order valence-corrected chi connectivity index (χ0v) is 15.3. The molecule has 4 heteroatoms. The molecule has 0 unspecified atom stereocenters. The molecule has 1 aliphatic rings. The third-order valence-corrected chi connectivity index (χ3v) is 5.15. The van der Waals surface area contributed by atoms with Crippen LogP contribution in [0.4, 0.5) is 0 Å². The van der Waals surface area contributed by atoms with Crippen LogP contribution in [0.2, 0.25) is 10.0 Å². The van der Waals surface area contributed by atoms with Gasteiger partial charge in [0.15, 0.2) is 0 Å². The minimum atomic E-state index is 0.497. The van der Waals surface area contributed by atoms with Gasteiger partial charge in [0.2, 0.25) is 0 Å². The van der Waals surface area contributed by atoms with E-state index < -0.39 is 0 Å². The van der Waals surface area contributed by atoms with E-state index in [4.69, 9.17) is 23.2 Å². The van der Waals surface area contributed by atoms with Crippen molar-refractivity contribution in [2.75, 3.05) is 0 Å². The average Bonchev–Trinajstić information content (AvgIpc) is 2.59. The normalized spacial score (nSPS) is 20.9. The largest absolute Gasteiger partial charge is 0.308 e. The predicted octanol–water partition coefficient (Wildman–Crippen LogP) is 5.18. The second-order valence-electron chi connectivity index (χ2n) is 6.52. The van der Waals surface area contributed by atoms with E-state index >= 15 is 0 Å². The molecule has 2 aromatic rings. The van der Waals surface area contributed by atoms with Crippen molar-refractivity contribution in [2.24, 2.45) is 0 Å². The molecule has 128 valence electrons. The predicted molar refractivity (Wildman–Crippen MR) is 103 cm³/mol. The molecular formula is C20H24Cl2N2. The molecule has 1 fully saturated rings. The van der Waals surface area contributed by atoms with Crippen molar-refractivity contribution in [1.82, 2.24) is 10.6 Å². The zero-order chi connectivity index (χ0) is 16.8. The van der Waals surface area contributed by atoms with Crippen LogP contribution in [0.3, 0.4) is 0 Å². The fourth-order valence-corrected chi connectivity index (χ4v) is 3.84. The fraction of sp³-hybridized carbons (Fsp3) is 0.400. The van der Waals surface area contributed by atoms with Crippen LogP contribution < -0.4 is 10.6 Å². The second-order valence-corrected chi connectivity index (χ2v) is 7.39. The molecule has 0 aromatic heterocycles. The molecule has 0 saturated heterocycles. The van der Waals surface area contributed by atoms with Crippen LogP contribution in [0.15, 0.2) is 48.5 Å². The lowest BCUT2D eigenvalue weighted by atomic mass is 9.90. The highest BCUT2D eigenvalue weighted by Crippen LogP contribution is 2.20. The molecule has 0 aliphatic heterocycles. The molecule has 1 saturated carbocycles. The summed E-state index contributed by atoms with van der Waals surface area (Å²) in [5.41, 5.74) is 2.48. The molecule has 1 aliphatic carbocycles. The molecule has 0 spiro atoms. The molecule has 2 aromatic carbocycles. The van der Waals surface area contributed by atoms with Gasteiger partial charge in [0.25, 0.3) is 0 Å². The van der Waals surface area contributed by atoms with Gasteiger partial charge in [-0.2, -0.15) is 0 Å². The molecule has 0 bridgehead atoms. The molecule has 3 rings (SSSR count). The molecular weight excluding hydrogens is 339 g/mol. The Bertz CT molecular complexity index is 602. The number of nitrogens with one attached hydrogen (secondary N) is 2. The number of hydrogen-bond donors (Lipinski definition) is 2. The third kappa shape index (κ3) is 5.22. The van der Waals surface area contributed by atoms with Gasteiger partial charge in [0.1, 0.15) is 0 Å². The molecule has 2 nitrogen and oxygen atoms in total. The van der Waals surface area contributed by atoms with E-state index in [-0.39, 0.29) is 0 Å². The first kappa shape index (κ1) is 17.8. The maximum absolute atomic E-state index is 6.07. The van der Waals surface area contributed by atoms with Crippen molar-refractivity contribution in [2.45, 2.75) is 50.9 Å². The number of benzene rings is 2. The Morgan fingerprint density at radius 3 is 1.62 bits per heavy atom. The summed E-state index contributed by atoms with van der Waals surface area (Å²) in [4.78, 5) is 0. The highest BCUT2D eigenvalue weighted by Gasteiger charge is 2.24. The van der Waals surface area contributed by atoms with Crippen molar-refractivity contribution >= 4 is 23.2 Å². The Balaban J connectivity index is 1.55. The summed E-state index contributed by atoms with van der Waals surface area (Å²) in [7, 11) is 0. The summed E-state index contributed by atoms with van der Waals surface area (Å²) in [6, 6.07) is 17.2. The van der Waals surface area contributed by atoms with Gasteiger partial charge in [-0.3, -0.25) is 0 Å². The minimum Gasteiger partial charge on any atom is -0.308 e. The van der Waals surface area contributed by atoms with E-state index in [0.29, 0.717) is 12.1 Å². The van der Waals surface area contributed by atoms with Crippen molar-refractivity contribution in [3.8, 4) is 0 Å². The van der Waals surface area contributed by atoms with Gasteiger partial charge in [-0.05, 0) is 48.2 Å². The maximum atomic E-state index is 6.07. The van der Waals surface area contributed by atoms with Gasteiger partial charge >= 0.3 is 0 Å². The standard InChI is InChI=1S/C20H24Cl2N2/c21-17-7-3-5-15(11-17)13-23-19-9-1-2-10-20(19)24-14-16-6-4-8-18(22)12-16/h3-8,11-12,19-20,23-24H,1-2,9-10,13-14H2/t19-,20-/m0/s1. The van der Waals surface area contributed by atoms with Crippen LogP contribution in [-0.4, -0.2) is 12.1 Å². The van der Waals surface area contributed by atoms with Gasteiger partial charge in [-0.1, -0.05) is 60.3 Å². The van der Waals surface area contributed by atoms with Gasteiger partial charge in [0.05, 0.1) is 0 Å². The lowest BCUT2D eigenvalue weighted by Crippen LogP contribution is -2.49. The lowest BCUT2D eigenvalue weighted by Gasteiger charge is -2.33. The second kappa shape index (κ2) is 8.87. The third-order valence-electron chi connectivity index (χ3n) is 4.68. The van der Waals surface area contributed by atoms with E-state index in [1.54, 1.807) is 0 Å².